The van der Waals surface area contributed by atoms with Crippen molar-refractivity contribution in [3.8, 4) is 5.75 Å². The first-order valence-corrected chi connectivity index (χ1v) is 19.4. The van der Waals surface area contributed by atoms with Gasteiger partial charge in [0.1, 0.15) is 11.5 Å². The summed E-state index contributed by atoms with van der Waals surface area (Å²) in [6.07, 6.45) is 13.4. The zero-order chi connectivity index (χ0) is 31.4. The molecule has 1 nitrogen and oxygen atoms in total. The first-order valence-electron chi connectivity index (χ1n) is 17.7. The Balaban J connectivity index is 0.000000164. The molecule has 46 heavy (non-hydrogen) atoms. The molecule has 0 radical (unpaired) electrons. The van der Waals surface area contributed by atoms with E-state index < -0.39 is 14.1 Å². The molecule has 2 fully saturated rings. The second-order valence-electron chi connectivity index (χ2n) is 13.3. The summed E-state index contributed by atoms with van der Waals surface area (Å²) in [5, 5.41) is 1.60. The Hall–Kier alpha value is -3.61. The van der Waals surface area contributed by atoms with E-state index in [0.717, 1.165) is 11.3 Å². The zero-order valence-corrected chi connectivity index (χ0v) is 28.6. The summed E-state index contributed by atoms with van der Waals surface area (Å²) in [5.41, 5.74) is 7.33. The van der Waals surface area contributed by atoms with Crippen molar-refractivity contribution in [2.75, 3.05) is 7.11 Å². The maximum atomic E-state index is 5.73. The molecule has 2 aliphatic rings. The second kappa shape index (κ2) is 16.3. The Morgan fingerprint density at radius 3 is 1.11 bits per heavy atom. The fourth-order valence-electron chi connectivity index (χ4n) is 8.61. The van der Waals surface area contributed by atoms with Gasteiger partial charge in [-0.15, -0.1) is 0 Å². The van der Waals surface area contributed by atoms with E-state index in [0.29, 0.717) is 0 Å². The molecule has 2 saturated carbocycles. The van der Waals surface area contributed by atoms with E-state index >= 15 is 0 Å². The van der Waals surface area contributed by atoms with E-state index in [1.165, 1.54) is 91.8 Å². The van der Waals surface area contributed by atoms with Crippen molar-refractivity contribution in [3.05, 3.63) is 146 Å². The van der Waals surface area contributed by atoms with Crippen LogP contribution >= 0.6 is 7.92 Å². The fraction of sp³-hybridized carbons (Fsp3) is 0.302. The van der Waals surface area contributed by atoms with E-state index in [-0.39, 0.29) is 0 Å². The highest BCUT2D eigenvalue weighted by Crippen LogP contribution is 2.56. The molecular formula is C43H50BOP. The molecule has 0 bridgehead atoms. The average Bonchev–Trinajstić information content (AvgIpc) is 3.15. The molecule has 0 amide bonds. The van der Waals surface area contributed by atoms with Crippen molar-refractivity contribution in [2.45, 2.75) is 75.5 Å². The van der Waals surface area contributed by atoms with Gasteiger partial charge in [-0.2, -0.15) is 21.9 Å². The van der Waals surface area contributed by atoms with Gasteiger partial charge in [-0.1, -0.05) is 146 Å². The summed E-state index contributed by atoms with van der Waals surface area (Å²) in [4.78, 5) is 0. The molecule has 0 aromatic heterocycles. The van der Waals surface area contributed by atoms with E-state index in [1.54, 1.807) is 5.30 Å². The molecule has 5 aromatic carbocycles. The van der Waals surface area contributed by atoms with Crippen LogP contribution < -0.4 is 31.9 Å². The topological polar surface area (TPSA) is 9.23 Å². The summed E-state index contributed by atoms with van der Waals surface area (Å²) >= 11 is 0. The smallest absolute Gasteiger partial charge is 0.160 e. The monoisotopic (exact) mass is 624 g/mol. The van der Waals surface area contributed by atoms with Crippen molar-refractivity contribution in [1.29, 1.82) is 0 Å². The standard InChI is InChI=1S/C24H20B.C19H29OP/c1-5-13-21(14-6-1)25(22-15-7-2-8-16-22,23-17-9-3-10-18-23)24-19-11-4-12-20-24;1-20-18-14-8-9-15-19(18)21(16-10-4-2-5-11-16)17-12-6-3-7-13-17/h1-20H;8-9,14-17H,2-7,10-13H2,1H3/q-1;/p+1. The Bertz CT molecular complexity index is 1400. The van der Waals surface area contributed by atoms with Crippen molar-refractivity contribution in [2.24, 2.45) is 0 Å². The molecule has 236 valence electrons. The first-order chi connectivity index (χ1) is 22.8. The van der Waals surface area contributed by atoms with Gasteiger partial charge in [0.05, 0.1) is 18.4 Å². The van der Waals surface area contributed by atoms with Gasteiger partial charge in [-0.3, -0.25) is 0 Å². The summed E-state index contributed by atoms with van der Waals surface area (Å²) in [5.74, 6) is 1.17. The van der Waals surface area contributed by atoms with Crippen LogP contribution in [0.15, 0.2) is 146 Å². The average molecular weight is 625 g/mol. The lowest BCUT2D eigenvalue weighted by Gasteiger charge is -2.44. The van der Waals surface area contributed by atoms with Gasteiger partial charge >= 0.3 is 0 Å². The third-order valence-corrected chi connectivity index (χ3v) is 14.7. The van der Waals surface area contributed by atoms with Gasteiger partial charge in [0, 0.05) is 7.92 Å². The van der Waals surface area contributed by atoms with Gasteiger partial charge in [-0.25, -0.2) is 0 Å². The summed E-state index contributed by atoms with van der Waals surface area (Å²) < 4.78 is 5.73. The van der Waals surface area contributed by atoms with Crippen LogP contribution in [0.25, 0.3) is 0 Å². The van der Waals surface area contributed by atoms with Crippen LogP contribution in [0.5, 0.6) is 5.75 Å². The van der Waals surface area contributed by atoms with Crippen LogP contribution in [0.3, 0.4) is 0 Å². The first kappa shape index (κ1) is 32.3. The number of hydrogen-bond donors (Lipinski definition) is 0. The van der Waals surface area contributed by atoms with Crippen LogP contribution in [0.1, 0.15) is 64.2 Å². The molecule has 0 N–H and O–H groups in total. The Morgan fingerprint density at radius 1 is 0.435 bits per heavy atom. The Kier molecular flexibility index (Phi) is 11.5. The highest BCUT2D eigenvalue weighted by atomic mass is 31.1. The maximum Gasteiger partial charge on any atom is 0.160 e. The summed E-state index contributed by atoms with van der Waals surface area (Å²) in [7, 11) is 1.36. The lowest BCUT2D eigenvalue weighted by atomic mass is 9.13. The minimum Gasteiger partial charge on any atom is -0.493 e. The number of para-hydroxylation sites is 1. The van der Waals surface area contributed by atoms with Gasteiger partial charge in [-0.05, 0) is 63.5 Å². The molecule has 3 heteroatoms. The number of rotatable bonds is 8. The quantitative estimate of drug-likeness (QED) is 0.125. The minimum absolute atomic E-state index is 0.490. The number of ether oxygens (including phenoxy) is 1. The summed E-state index contributed by atoms with van der Waals surface area (Å²) in [6.45, 7) is 0. The molecule has 0 unspecified atom stereocenters. The van der Waals surface area contributed by atoms with Crippen LogP contribution in [-0.2, 0) is 0 Å². The molecule has 2 aliphatic carbocycles. The summed E-state index contributed by atoms with van der Waals surface area (Å²) in [6, 6.07) is 52.5. The van der Waals surface area contributed by atoms with Crippen LogP contribution in [0.4, 0.5) is 0 Å². The van der Waals surface area contributed by atoms with Crippen molar-refractivity contribution in [3.63, 3.8) is 0 Å². The van der Waals surface area contributed by atoms with Gasteiger partial charge in [0.2, 0.25) is 0 Å². The normalized spacial score (nSPS) is 16.0. The van der Waals surface area contributed by atoms with Crippen LogP contribution in [0.2, 0.25) is 0 Å². The number of hydrogen-bond acceptors (Lipinski definition) is 1. The molecule has 0 aliphatic heterocycles. The van der Waals surface area contributed by atoms with Crippen molar-refractivity contribution >= 4 is 41.2 Å². The van der Waals surface area contributed by atoms with Crippen molar-refractivity contribution < 1.29 is 4.74 Å². The second-order valence-corrected chi connectivity index (χ2v) is 16.4. The van der Waals surface area contributed by atoms with E-state index in [4.69, 9.17) is 4.74 Å². The highest BCUT2D eigenvalue weighted by Gasteiger charge is 2.40. The molecule has 0 atom stereocenters. The van der Waals surface area contributed by atoms with Gasteiger partial charge < -0.3 is 4.74 Å². The van der Waals surface area contributed by atoms with Crippen LogP contribution in [0, 0.1) is 0 Å². The molecule has 5 aromatic rings. The molecular weight excluding hydrogens is 574 g/mol. The van der Waals surface area contributed by atoms with E-state index in [1.807, 2.05) is 7.11 Å². The van der Waals surface area contributed by atoms with E-state index in [2.05, 4.69) is 146 Å². The zero-order valence-electron chi connectivity index (χ0n) is 27.6. The van der Waals surface area contributed by atoms with Gasteiger partial charge in [0.25, 0.3) is 0 Å². The Labute approximate surface area is 279 Å². The SMILES string of the molecule is COc1ccccc1[PH+](C1CCCCC1)C1CCCCC1.c1ccc([B-](c2ccccc2)(c2ccccc2)c2ccccc2)cc1. The third kappa shape index (κ3) is 7.19. The van der Waals surface area contributed by atoms with Crippen molar-refractivity contribution in [1.82, 2.24) is 0 Å². The molecule has 0 saturated heterocycles. The predicted molar refractivity (Wildman–Crippen MR) is 205 cm³/mol. The Morgan fingerprint density at radius 2 is 0.761 bits per heavy atom. The van der Waals surface area contributed by atoms with Gasteiger partial charge in [0.15, 0.2) is 5.75 Å². The molecule has 7 rings (SSSR count). The minimum atomic E-state index is -1.22. The predicted octanol–water partition coefficient (Wildman–Crippen LogP) is 8.26. The molecule has 0 spiro atoms. The number of benzene rings is 5. The molecule has 0 heterocycles. The lowest BCUT2D eigenvalue weighted by molar-refractivity contribution is 0.417. The number of methoxy groups -OCH3 is 1. The van der Waals surface area contributed by atoms with Crippen LogP contribution in [-0.4, -0.2) is 24.6 Å². The highest BCUT2D eigenvalue weighted by molar-refractivity contribution is 7.67. The van der Waals surface area contributed by atoms with E-state index in [9.17, 15) is 0 Å². The fourth-order valence-corrected chi connectivity index (χ4v) is 13.0. The maximum absolute atomic E-state index is 5.73. The lowest BCUT2D eigenvalue weighted by Crippen LogP contribution is -2.74. The largest absolute Gasteiger partial charge is 0.493 e. The third-order valence-electron chi connectivity index (χ3n) is 10.7.